The van der Waals surface area contributed by atoms with Gasteiger partial charge in [0, 0.05) is 38.8 Å². The number of aliphatic imine (C=N–C) groups is 1. The number of ether oxygens (including phenoxy) is 1. The third-order valence-electron chi connectivity index (χ3n) is 4.96. The Bertz CT molecular complexity index is 703. The quantitative estimate of drug-likeness (QED) is 0.203. The van der Waals surface area contributed by atoms with Gasteiger partial charge < -0.3 is 15.0 Å². The first-order valence-electron chi connectivity index (χ1n) is 9.70. The van der Waals surface area contributed by atoms with Crippen molar-refractivity contribution in [2.75, 3.05) is 45.9 Å². The molecule has 3 rings (SSSR count). The summed E-state index contributed by atoms with van der Waals surface area (Å²) in [6.45, 7) is 6.95. The SMILES string of the molecule is CCNC(=NCCOc1ccccc1C(F)(F)F)N1CCC(N2CC=CC2)C1.I. The highest BCUT2D eigenvalue weighted by Gasteiger charge is 2.34. The Labute approximate surface area is 187 Å². The molecule has 1 aromatic rings. The second kappa shape index (κ2) is 11.1. The molecule has 1 N–H and O–H groups in total. The van der Waals surface area contributed by atoms with E-state index in [0.29, 0.717) is 12.6 Å². The molecule has 0 saturated carbocycles. The number of benzene rings is 1. The van der Waals surface area contributed by atoms with Gasteiger partial charge in [-0.3, -0.25) is 4.90 Å². The van der Waals surface area contributed by atoms with Crippen molar-refractivity contribution < 1.29 is 17.9 Å². The van der Waals surface area contributed by atoms with Gasteiger partial charge in [0.05, 0.1) is 12.1 Å². The van der Waals surface area contributed by atoms with Crippen molar-refractivity contribution in [1.29, 1.82) is 0 Å². The van der Waals surface area contributed by atoms with Crippen LogP contribution >= 0.6 is 24.0 Å². The fourth-order valence-corrected chi connectivity index (χ4v) is 3.58. The Hall–Kier alpha value is -1.49. The zero-order valence-corrected chi connectivity index (χ0v) is 18.8. The summed E-state index contributed by atoms with van der Waals surface area (Å²) in [5.74, 6) is 0.642. The fraction of sp³-hybridized carbons (Fsp3) is 0.550. The molecule has 0 bridgehead atoms. The molecule has 0 aromatic heterocycles. The molecule has 2 aliphatic heterocycles. The van der Waals surface area contributed by atoms with Gasteiger partial charge in [-0.2, -0.15) is 13.2 Å². The lowest BCUT2D eigenvalue weighted by Crippen LogP contribution is -2.43. The summed E-state index contributed by atoms with van der Waals surface area (Å²) >= 11 is 0. The van der Waals surface area contributed by atoms with E-state index in [1.165, 1.54) is 18.2 Å². The van der Waals surface area contributed by atoms with E-state index in [1.54, 1.807) is 0 Å². The molecule has 0 aliphatic carbocycles. The van der Waals surface area contributed by atoms with Crippen molar-refractivity contribution in [3.8, 4) is 5.75 Å². The summed E-state index contributed by atoms with van der Waals surface area (Å²) in [5.41, 5.74) is -0.757. The summed E-state index contributed by atoms with van der Waals surface area (Å²) < 4.78 is 44.4. The van der Waals surface area contributed by atoms with Crippen LogP contribution in [0.4, 0.5) is 13.2 Å². The first-order chi connectivity index (χ1) is 13.5. The van der Waals surface area contributed by atoms with Gasteiger partial charge in [-0.15, -0.1) is 24.0 Å². The standard InChI is InChI=1S/C20H27F3N4O.HI/c1-2-24-19(27-13-9-16(15-27)26-11-5-6-12-26)25-10-14-28-18-8-4-3-7-17(18)20(21,22)23;/h3-8,16H,2,9-15H2,1H3,(H,24,25);1H. The second-order valence-corrected chi connectivity index (χ2v) is 6.89. The highest BCUT2D eigenvalue weighted by Crippen LogP contribution is 2.35. The minimum atomic E-state index is -4.43. The van der Waals surface area contributed by atoms with Gasteiger partial charge in [0.2, 0.25) is 0 Å². The van der Waals surface area contributed by atoms with Crippen LogP contribution in [0.3, 0.4) is 0 Å². The maximum Gasteiger partial charge on any atom is 0.419 e. The highest BCUT2D eigenvalue weighted by atomic mass is 127. The number of para-hydroxylation sites is 1. The van der Waals surface area contributed by atoms with Crippen LogP contribution in [0, 0.1) is 0 Å². The van der Waals surface area contributed by atoms with Gasteiger partial charge >= 0.3 is 6.18 Å². The van der Waals surface area contributed by atoms with Crippen LogP contribution in [0.5, 0.6) is 5.75 Å². The summed E-state index contributed by atoms with van der Waals surface area (Å²) in [4.78, 5) is 9.22. The molecule has 0 spiro atoms. The third kappa shape index (κ3) is 6.50. The zero-order valence-electron chi connectivity index (χ0n) is 16.5. The van der Waals surface area contributed by atoms with Crippen LogP contribution in [0.15, 0.2) is 41.4 Å². The second-order valence-electron chi connectivity index (χ2n) is 6.89. The third-order valence-corrected chi connectivity index (χ3v) is 4.96. The lowest BCUT2D eigenvalue weighted by atomic mass is 10.2. The van der Waals surface area contributed by atoms with E-state index in [-0.39, 0.29) is 36.3 Å². The Morgan fingerprint density at radius 1 is 1.24 bits per heavy atom. The molecule has 1 unspecified atom stereocenters. The van der Waals surface area contributed by atoms with E-state index in [1.807, 2.05) is 6.92 Å². The molecule has 2 heterocycles. The predicted octanol–water partition coefficient (Wildman–Crippen LogP) is 3.61. The largest absolute Gasteiger partial charge is 0.491 e. The zero-order chi connectivity index (χ0) is 20.0. The highest BCUT2D eigenvalue weighted by molar-refractivity contribution is 14.0. The molecule has 1 aromatic carbocycles. The summed E-state index contributed by atoms with van der Waals surface area (Å²) in [7, 11) is 0. The molecule has 29 heavy (non-hydrogen) atoms. The number of hydrogen-bond donors (Lipinski definition) is 1. The molecular weight excluding hydrogens is 496 g/mol. The van der Waals surface area contributed by atoms with Crippen LogP contribution in [-0.2, 0) is 6.18 Å². The Morgan fingerprint density at radius 2 is 1.97 bits per heavy atom. The van der Waals surface area contributed by atoms with Gasteiger partial charge in [0.1, 0.15) is 12.4 Å². The van der Waals surface area contributed by atoms with Crippen molar-refractivity contribution in [3.63, 3.8) is 0 Å². The van der Waals surface area contributed by atoms with Gasteiger partial charge in [-0.1, -0.05) is 24.3 Å². The van der Waals surface area contributed by atoms with E-state index in [0.717, 1.165) is 51.2 Å². The Kier molecular flexibility index (Phi) is 9.06. The van der Waals surface area contributed by atoms with Crippen LogP contribution in [0.1, 0.15) is 18.9 Å². The molecule has 162 valence electrons. The van der Waals surface area contributed by atoms with Gasteiger partial charge in [0.15, 0.2) is 5.96 Å². The van der Waals surface area contributed by atoms with Crippen LogP contribution in [0.25, 0.3) is 0 Å². The summed E-state index contributed by atoms with van der Waals surface area (Å²) in [6, 6.07) is 5.77. The molecule has 1 fully saturated rings. The molecule has 1 atom stereocenters. The topological polar surface area (TPSA) is 40.1 Å². The fourth-order valence-electron chi connectivity index (χ4n) is 3.58. The molecule has 9 heteroatoms. The van der Waals surface area contributed by atoms with E-state index < -0.39 is 11.7 Å². The smallest absolute Gasteiger partial charge is 0.419 e. The average molecular weight is 524 g/mol. The number of hydrogen-bond acceptors (Lipinski definition) is 3. The molecular formula is C20H28F3IN4O. The maximum absolute atomic E-state index is 13.0. The normalized spacial score (nSPS) is 20.1. The van der Waals surface area contributed by atoms with E-state index in [2.05, 4.69) is 32.3 Å². The minimum absolute atomic E-state index is 0. The Balaban J connectivity index is 0.00000300. The molecule has 1 saturated heterocycles. The van der Waals surface area contributed by atoms with Crippen LogP contribution in [-0.4, -0.2) is 67.7 Å². The monoisotopic (exact) mass is 524 g/mol. The molecule has 0 amide bonds. The number of nitrogens with one attached hydrogen (secondary N) is 1. The van der Waals surface area contributed by atoms with Crippen molar-refractivity contribution in [2.24, 2.45) is 4.99 Å². The molecule has 2 aliphatic rings. The number of alkyl halides is 3. The van der Waals surface area contributed by atoms with E-state index >= 15 is 0 Å². The minimum Gasteiger partial charge on any atom is -0.491 e. The molecule has 0 radical (unpaired) electrons. The van der Waals surface area contributed by atoms with Crippen molar-refractivity contribution in [3.05, 3.63) is 42.0 Å². The van der Waals surface area contributed by atoms with Gasteiger partial charge in [-0.25, -0.2) is 4.99 Å². The number of nitrogens with zero attached hydrogens (tertiary/aromatic N) is 3. The lowest BCUT2D eigenvalue weighted by Gasteiger charge is -2.25. The van der Waals surface area contributed by atoms with Gasteiger partial charge in [-0.05, 0) is 25.5 Å². The number of likely N-dealkylation sites (tertiary alicyclic amines) is 1. The first-order valence-corrected chi connectivity index (χ1v) is 9.70. The van der Waals surface area contributed by atoms with Crippen LogP contribution in [0.2, 0.25) is 0 Å². The van der Waals surface area contributed by atoms with Crippen LogP contribution < -0.4 is 10.1 Å². The molecule has 5 nitrogen and oxygen atoms in total. The number of halogens is 4. The number of rotatable bonds is 6. The number of guanidine groups is 1. The lowest BCUT2D eigenvalue weighted by molar-refractivity contribution is -0.138. The van der Waals surface area contributed by atoms with Gasteiger partial charge in [0.25, 0.3) is 0 Å². The summed E-state index contributed by atoms with van der Waals surface area (Å²) in [5, 5.41) is 3.28. The van der Waals surface area contributed by atoms with Crippen molar-refractivity contribution >= 4 is 29.9 Å². The van der Waals surface area contributed by atoms with E-state index in [9.17, 15) is 13.2 Å². The predicted molar refractivity (Wildman–Crippen MR) is 119 cm³/mol. The van der Waals surface area contributed by atoms with Crippen molar-refractivity contribution in [1.82, 2.24) is 15.1 Å². The van der Waals surface area contributed by atoms with Crippen molar-refractivity contribution in [2.45, 2.75) is 25.6 Å². The summed E-state index contributed by atoms with van der Waals surface area (Å²) in [6.07, 6.45) is 1.04. The first kappa shape index (κ1) is 23.8. The maximum atomic E-state index is 13.0. The van der Waals surface area contributed by atoms with E-state index in [4.69, 9.17) is 4.74 Å². The average Bonchev–Trinajstić information content (AvgIpc) is 3.35. The Morgan fingerprint density at radius 3 is 2.66 bits per heavy atom.